The summed E-state index contributed by atoms with van der Waals surface area (Å²) in [5.74, 6) is 1.96. The SMILES string of the molecule is CC(C)CNCC(C)COCC1CCOC1. The van der Waals surface area contributed by atoms with Crippen molar-refractivity contribution in [3.05, 3.63) is 0 Å². The van der Waals surface area contributed by atoms with Crippen molar-refractivity contribution in [2.24, 2.45) is 17.8 Å². The van der Waals surface area contributed by atoms with Crippen molar-refractivity contribution in [2.45, 2.75) is 27.2 Å². The van der Waals surface area contributed by atoms with Gasteiger partial charge in [-0.1, -0.05) is 20.8 Å². The molecule has 0 aromatic heterocycles. The van der Waals surface area contributed by atoms with E-state index in [1.807, 2.05) is 0 Å². The van der Waals surface area contributed by atoms with Crippen molar-refractivity contribution in [1.82, 2.24) is 5.32 Å². The molecular formula is C13H27NO2. The quantitative estimate of drug-likeness (QED) is 0.690. The Morgan fingerprint density at radius 3 is 2.75 bits per heavy atom. The Kier molecular flexibility index (Phi) is 7.01. The minimum atomic E-state index is 0.598. The van der Waals surface area contributed by atoms with Gasteiger partial charge in [0.2, 0.25) is 0 Å². The minimum absolute atomic E-state index is 0.598. The lowest BCUT2D eigenvalue weighted by molar-refractivity contribution is 0.0691. The Hall–Kier alpha value is -0.120. The molecule has 1 N–H and O–H groups in total. The molecule has 0 aromatic carbocycles. The van der Waals surface area contributed by atoms with Gasteiger partial charge >= 0.3 is 0 Å². The largest absolute Gasteiger partial charge is 0.381 e. The molecule has 1 aliphatic heterocycles. The van der Waals surface area contributed by atoms with Crippen molar-refractivity contribution in [2.75, 3.05) is 39.5 Å². The maximum absolute atomic E-state index is 5.72. The molecule has 2 atom stereocenters. The average Bonchev–Trinajstić information content (AvgIpc) is 2.70. The first-order chi connectivity index (χ1) is 7.68. The molecule has 1 saturated heterocycles. The van der Waals surface area contributed by atoms with E-state index < -0.39 is 0 Å². The van der Waals surface area contributed by atoms with Crippen molar-refractivity contribution in [3.63, 3.8) is 0 Å². The second-order valence-electron chi connectivity index (χ2n) is 5.42. The van der Waals surface area contributed by atoms with Crippen LogP contribution < -0.4 is 5.32 Å². The van der Waals surface area contributed by atoms with Crippen LogP contribution in [-0.4, -0.2) is 39.5 Å². The van der Waals surface area contributed by atoms with E-state index in [1.165, 1.54) is 6.42 Å². The first kappa shape index (κ1) is 13.9. The zero-order chi connectivity index (χ0) is 11.8. The summed E-state index contributed by atoms with van der Waals surface area (Å²) in [4.78, 5) is 0. The molecule has 1 rings (SSSR count). The van der Waals surface area contributed by atoms with Gasteiger partial charge in [-0.2, -0.15) is 0 Å². The van der Waals surface area contributed by atoms with Crippen LogP contribution in [0.4, 0.5) is 0 Å². The molecule has 16 heavy (non-hydrogen) atoms. The lowest BCUT2D eigenvalue weighted by atomic mass is 10.1. The smallest absolute Gasteiger partial charge is 0.0517 e. The molecule has 0 aliphatic carbocycles. The lowest BCUT2D eigenvalue weighted by Gasteiger charge is -2.15. The lowest BCUT2D eigenvalue weighted by Crippen LogP contribution is -2.27. The fraction of sp³-hybridized carbons (Fsp3) is 1.00. The van der Waals surface area contributed by atoms with Gasteiger partial charge in [0.25, 0.3) is 0 Å². The highest BCUT2D eigenvalue weighted by atomic mass is 16.5. The monoisotopic (exact) mass is 229 g/mol. The highest BCUT2D eigenvalue weighted by Gasteiger charge is 2.15. The molecule has 0 spiro atoms. The summed E-state index contributed by atoms with van der Waals surface area (Å²) >= 11 is 0. The van der Waals surface area contributed by atoms with Crippen LogP contribution in [0.15, 0.2) is 0 Å². The Bertz CT molecular complexity index is 167. The third kappa shape index (κ3) is 6.46. The Balaban J connectivity index is 1.91. The summed E-state index contributed by atoms with van der Waals surface area (Å²) in [7, 11) is 0. The zero-order valence-electron chi connectivity index (χ0n) is 11.0. The molecule has 1 aliphatic rings. The van der Waals surface area contributed by atoms with Crippen molar-refractivity contribution in [1.29, 1.82) is 0 Å². The van der Waals surface area contributed by atoms with Crippen molar-refractivity contribution < 1.29 is 9.47 Å². The maximum atomic E-state index is 5.72. The number of rotatable bonds is 8. The van der Waals surface area contributed by atoms with Gasteiger partial charge in [-0.05, 0) is 31.3 Å². The zero-order valence-corrected chi connectivity index (χ0v) is 11.0. The minimum Gasteiger partial charge on any atom is -0.381 e. The summed E-state index contributed by atoms with van der Waals surface area (Å²) in [5, 5.41) is 3.46. The van der Waals surface area contributed by atoms with Crippen LogP contribution in [0.3, 0.4) is 0 Å². The fourth-order valence-corrected chi connectivity index (χ4v) is 1.83. The van der Waals surface area contributed by atoms with E-state index in [2.05, 4.69) is 26.1 Å². The van der Waals surface area contributed by atoms with E-state index in [-0.39, 0.29) is 0 Å². The summed E-state index contributed by atoms with van der Waals surface area (Å²) in [6.45, 7) is 12.4. The molecule has 96 valence electrons. The van der Waals surface area contributed by atoms with Crippen LogP contribution >= 0.6 is 0 Å². The van der Waals surface area contributed by atoms with E-state index in [0.717, 1.165) is 45.4 Å². The molecule has 3 nitrogen and oxygen atoms in total. The second kappa shape index (κ2) is 8.04. The van der Waals surface area contributed by atoms with Crippen LogP contribution in [0.1, 0.15) is 27.2 Å². The topological polar surface area (TPSA) is 30.5 Å². The van der Waals surface area contributed by atoms with Crippen molar-refractivity contribution in [3.8, 4) is 0 Å². The van der Waals surface area contributed by atoms with Gasteiger partial charge in [0.1, 0.15) is 0 Å². The Morgan fingerprint density at radius 2 is 2.12 bits per heavy atom. The fourth-order valence-electron chi connectivity index (χ4n) is 1.83. The van der Waals surface area contributed by atoms with E-state index in [9.17, 15) is 0 Å². The molecule has 0 saturated carbocycles. The van der Waals surface area contributed by atoms with E-state index in [4.69, 9.17) is 9.47 Å². The molecule has 0 aromatic rings. The summed E-state index contributed by atoms with van der Waals surface area (Å²) in [6.07, 6.45) is 1.17. The summed E-state index contributed by atoms with van der Waals surface area (Å²) in [5.41, 5.74) is 0. The van der Waals surface area contributed by atoms with Gasteiger partial charge < -0.3 is 14.8 Å². The Morgan fingerprint density at radius 1 is 1.31 bits per heavy atom. The van der Waals surface area contributed by atoms with Crippen LogP contribution in [0, 0.1) is 17.8 Å². The molecule has 0 bridgehead atoms. The third-order valence-electron chi connectivity index (χ3n) is 2.83. The van der Waals surface area contributed by atoms with Crippen LogP contribution in [-0.2, 0) is 9.47 Å². The van der Waals surface area contributed by atoms with Gasteiger partial charge in [-0.15, -0.1) is 0 Å². The number of nitrogens with one attached hydrogen (secondary N) is 1. The van der Waals surface area contributed by atoms with Crippen LogP contribution in [0.25, 0.3) is 0 Å². The van der Waals surface area contributed by atoms with Gasteiger partial charge in [0.15, 0.2) is 0 Å². The summed E-state index contributed by atoms with van der Waals surface area (Å²) in [6, 6.07) is 0. The molecule has 1 heterocycles. The predicted octanol–water partition coefficient (Wildman–Crippen LogP) is 1.92. The Labute approximate surface area is 99.9 Å². The number of ether oxygens (including phenoxy) is 2. The first-order valence-electron chi connectivity index (χ1n) is 6.54. The van der Waals surface area contributed by atoms with E-state index >= 15 is 0 Å². The maximum Gasteiger partial charge on any atom is 0.0517 e. The molecule has 0 amide bonds. The van der Waals surface area contributed by atoms with E-state index in [0.29, 0.717) is 11.8 Å². The van der Waals surface area contributed by atoms with Crippen molar-refractivity contribution >= 4 is 0 Å². The third-order valence-corrected chi connectivity index (χ3v) is 2.83. The number of hydrogen-bond acceptors (Lipinski definition) is 3. The predicted molar refractivity (Wildman–Crippen MR) is 66.6 cm³/mol. The second-order valence-corrected chi connectivity index (χ2v) is 5.42. The van der Waals surface area contributed by atoms with Gasteiger partial charge in [-0.3, -0.25) is 0 Å². The van der Waals surface area contributed by atoms with Crippen LogP contribution in [0.5, 0.6) is 0 Å². The highest BCUT2D eigenvalue weighted by Crippen LogP contribution is 2.12. The first-order valence-corrected chi connectivity index (χ1v) is 6.54. The molecule has 0 radical (unpaired) electrons. The average molecular weight is 229 g/mol. The normalized spacial score (nSPS) is 22.9. The van der Waals surface area contributed by atoms with Gasteiger partial charge in [0, 0.05) is 12.5 Å². The molecule has 2 unspecified atom stereocenters. The van der Waals surface area contributed by atoms with Crippen LogP contribution in [0.2, 0.25) is 0 Å². The van der Waals surface area contributed by atoms with Gasteiger partial charge in [0.05, 0.1) is 19.8 Å². The van der Waals surface area contributed by atoms with E-state index in [1.54, 1.807) is 0 Å². The highest BCUT2D eigenvalue weighted by molar-refractivity contribution is 4.64. The summed E-state index contributed by atoms with van der Waals surface area (Å²) < 4.78 is 11.0. The number of hydrogen-bond donors (Lipinski definition) is 1. The standard InChI is InChI=1S/C13H27NO2/c1-11(2)6-14-7-12(3)8-16-10-13-4-5-15-9-13/h11-14H,4-10H2,1-3H3. The van der Waals surface area contributed by atoms with Gasteiger partial charge in [-0.25, -0.2) is 0 Å². The molecule has 3 heteroatoms. The molecular weight excluding hydrogens is 202 g/mol. The molecule has 1 fully saturated rings.